The van der Waals surface area contributed by atoms with Gasteiger partial charge in [-0.2, -0.15) is 0 Å². The van der Waals surface area contributed by atoms with Crippen molar-refractivity contribution < 1.29 is 9.13 Å². The van der Waals surface area contributed by atoms with Gasteiger partial charge in [-0.3, -0.25) is 0 Å². The molecule has 1 N–H and O–H groups in total. The van der Waals surface area contributed by atoms with E-state index in [1.54, 1.807) is 24.4 Å². The Bertz CT molecular complexity index is 563. The first-order chi connectivity index (χ1) is 9.20. The summed E-state index contributed by atoms with van der Waals surface area (Å²) >= 11 is 3.33. The van der Waals surface area contributed by atoms with Crippen molar-refractivity contribution in [1.29, 1.82) is 0 Å². The highest BCUT2D eigenvalue weighted by Gasteiger charge is 2.06. The van der Waals surface area contributed by atoms with Crippen LogP contribution in [0.3, 0.4) is 0 Å². The molecule has 0 saturated heterocycles. The quantitative estimate of drug-likeness (QED) is 0.902. The topological polar surface area (TPSA) is 34.1 Å². The van der Waals surface area contributed by atoms with Gasteiger partial charge in [0.1, 0.15) is 5.82 Å². The first-order valence-corrected chi connectivity index (χ1v) is 6.75. The SMILES string of the molecule is CCOc1cccnc1NCc1cc(Br)ccc1F. The molecular formula is C14H14BrFN2O. The average Bonchev–Trinajstić information content (AvgIpc) is 2.42. The van der Waals surface area contributed by atoms with E-state index in [1.165, 1.54) is 6.07 Å². The van der Waals surface area contributed by atoms with Crippen molar-refractivity contribution in [2.24, 2.45) is 0 Å². The summed E-state index contributed by atoms with van der Waals surface area (Å²) in [7, 11) is 0. The zero-order chi connectivity index (χ0) is 13.7. The van der Waals surface area contributed by atoms with Crippen LogP contribution in [0.2, 0.25) is 0 Å². The average molecular weight is 325 g/mol. The summed E-state index contributed by atoms with van der Waals surface area (Å²) in [6, 6.07) is 8.48. The van der Waals surface area contributed by atoms with Crippen LogP contribution in [0.4, 0.5) is 10.2 Å². The van der Waals surface area contributed by atoms with Crippen LogP contribution in [-0.2, 0) is 6.54 Å². The van der Waals surface area contributed by atoms with E-state index >= 15 is 0 Å². The first-order valence-electron chi connectivity index (χ1n) is 5.96. The molecule has 0 spiro atoms. The molecule has 0 radical (unpaired) electrons. The summed E-state index contributed by atoms with van der Waals surface area (Å²) < 4.78 is 19.9. The maximum Gasteiger partial charge on any atom is 0.169 e. The molecule has 100 valence electrons. The van der Waals surface area contributed by atoms with E-state index in [1.807, 2.05) is 13.0 Å². The van der Waals surface area contributed by atoms with Crippen LogP contribution in [0.25, 0.3) is 0 Å². The zero-order valence-corrected chi connectivity index (χ0v) is 12.1. The van der Waals surface area contributed by atoms with Gasteiger partial charge < -0.3 is 10.1 Å². The number of rotatable bonds is 5. The molecule has 2 rings (SSSR count). The fourth-order valence-corrected chi connectivity index (χ4v) is 2.06. The summed E-state index contributed by atoms with van der Waals surface area (Å²) in [6.45, 7) is 2.82. The molecule has 2 aromatic rings. The number of benzene rings is 1. The lowest BCUT2D eigenvalue weighted by Gasteiger charge is -2.11. The Kier molecular flexibility index (Phi) is 4.74. The third kappa shape index (κ3) is 3.67. The number of nitrogens with one attached hydrogen (secondary N) is 1. The number of hydrogen-bond acceptors (Lipinski definition) is 3. The highest BCUT2D eigenvalue weighted by Crippen LogP contribution is 2.22. The van der Waals surface area contributed by atoms with Gasteiger partial charge in [0.05, 0.1) is 6.61 Å². The van der Waals surface area contributed by atoms with Crippen LogP contribution in [0.5, 0.6) is 5.75 Å². The molecule has 0 amide bonds. The Morgan fingerprint density at radius 1 is 1.37 bits per heavy atom. The minimum absolute atomic E-state index is 0.246. The van der Waals surface area contributed by atoms with Gasteiger partial charge in [0.25, 0.3) is 0 Å². The molecular weight excluding hydrogens is 311 g/mol. The first kappa shape index (κ1) is 13.8. The molecule has 1 aromatic carbocycles. The fourth-order valence-electron chi connectivity index (χ4n) is 1.65. The lowest BCUT2D eigenvalue weighted by molar-refractivity contribution is 0.340. The maximum absolute atomic E-state index is 13.6. The molecule has 0 aliphatic heterocycles. The predicted molar refractivity (Wildman–Crippen MR) is 76.8 cm³/mol. The number of pyridine rings is 1. The Morgan fingerprint density at radius 3 is 3.00 bits per heavy atom. The number of aromatic nitrogens is 1. The van der Waals surface area contributed by atoms with Gasteiger partial charge >= 0.3 is 0 Å². The van der Waals surface area contributed by atoms with Gasteiger partial charge in [0, 0.05) is 22.8 Å². The number of hydrogen-bond donors (Lipinski definition) is 1. The van der Waals surface area contributed by atoms with E-state index in [9.17, 15) is 4.39 Å². The molecule has 0 unspecified atom stereocenters. The van der Waals surface area contributed by atoms with Crippen molar-refractivity contribution in [3.63, 3.8) is 0 Å². The predicted octanol–water partition coefficient (Wildman–Crippen LogP) is 3.99. The molecule has 1 heterocycles. The summed E-state index contributed by atoms with van der Waals surface area (Å²) in [5, 5.41) is 3.09. The van der Waals surface area contributed by atoms with E-state index in [4.69, 9.17) is 4.74 Å². The van der Waals surface area contributed by atoms with Crippen molar-refractivity contribution in [1.82, 2.24) is 4.98 Å². The largest absolute Gasteiger partial charge is 0.490 e. The van der Waals surface area contributed by atoms with Crippen molar-refractivity contribution in [2.75, 3.05) is 11.9 Å². The van der Waals surface area contributed by atoms with Crippen LogP contribution >= 0.6 is 15.9 Å². The number of halogens is 2. The number of ether oxygens (including phenoxy) is 1. The summed E-state index contributed by atoms with van der Waals surface area (Å²) in [5.41, 5.74) is 0.572. The van der Waals surface area contributed by atoms with Gasteiger partial charge in [0.2, 0.25) is 0 Å². The summed E-state index contributed by atoms with van der Waals surface area (Å²) in [5.74, 6) is 1.04. The van der Waals surface area contributed by atoms with Crippen LogP contribution < -0.4 is 10.1 Å². The Morgan fingerprint density at radius 2 is 2.21 bits per heavy atom. The van der Waals surface area contributed by atoms with Crippen molar-refractivity contribution >= 4 is 21.7 Å². The maximum atomic E-state index is 13.6. The molecule has 5 heteroatoms. The molecule has 0 atom stereocenters. The molecule has 0 bridgehead atoms. The zero-order valence-electron chi connectivity index (χ0n) is 10.5. The van der Waals surface area contributed by atoms with E-state index < -0.39 is 0 Å². The molecule has 0 aliphatic rings. The summed E-state index contributed by atoms with van der Waals surface area (Å²) in [6.07, 6.45) is 1.67. The standard InChI is InChI=1S/C14H14BrFN2O/c1-2-19-13-4-3-7-17-14(13)18-9-10-8-11(15)5-6-12(10)16/h3-8H,2,9H2,1H3,(H,17,18). The number of anilines is 1. The highest BCUT2D eigenvalue weighted by atomic mass is 79.9. The van der Waals surface area contributed by atoms with Crippen LogP contribution in [-0.4, -0.2) is 11.6 Å². The highest BCUT2D eigenvalue weighted by molar-refractivity contribution is 9.10. The normalized spacial score (nSPS) is 10.3. The molecule has 1 aromatic heterocycles. The fraction of sp³-hybridized carbons (Fsp3) is 0.214. The molecule has 3 nitrogen and oxygen atoms in total. The second kappa shape index (κ2) is 6.52. The Balaban J connectivity index is 2.12. The van der Waals surface area contributed by atoms with Crippen molar-refractivity contribution in [3.8, 4) is 5.75 Å². The van der Waals surface area contributed by atoms with Gasteiger partial charge in [-0.1, -0.05) is 15.9 Å². The second-order valence-electron chi connectivity index (χ2n) is 3.87. The third-order valence-electron chi connectivity index (χ3n) is 2.52. The van der Waals surface area contributed by atoms with E-state index in [0.29, 0.717) is 30.3 Å². The van der Waals surface area contributed by atoms with E-state index in [-0.39, 0.29) is 5.82 Å². The Hall–Kier alpha value is -1.62. The van der Waals surface area contributed by atoms with Crippen LogP contribution in [0, 0.1) is 5.82 Å². The molecule has 19 heavy (non-hydrogen) atoms. The Labute approximate surface area is 119 Å². The van der Waals surface area contributed by atoms with E-state index in [0.717, 1.165) is 4.47 Å². The van der Waals surface area contributed by atoms with Gasteiger partial charge in [-0.15, -0.1) is 0 Å². The lowest BCUT2D eigenvalue weighted by Crippen LogP contribution is -2.05. The van der Waals surface area contributed by atoms with Crippen molar-refractivity contribution in [3.05, 3.63) is 52.4 Å². The monoisotopic (exact) mass is 324 g/mol. The minimum atomic E-state index is -0.246. The summed E-state index contributed by atoms with van der Waals surface area (Å²) in [4.78, 5) is 4.19. The lowest BCUT2D eigenvalue weighted by atomic mass is 10.2. The van der Waals surface area contributed by atoms with Gasteiger partial charge in [-0.25, -0.2) is 9.37 Å². The molecule has 0 saturated carbocycles. The van der Waals surface area contributed by atoms with Gasteiger partial charge in [-0.05, 0) is 37.3 Å². The minimum Gasteiger partial charge on any atom is -0.490 e. The molecule has 0 aliphatic carbocycles. The van der Waals surface area contributed by atoms with Crippen LogP contribution in [0.15, 0.2) is 41.0 Å². The third-order valence-corrected chi connectivity index (χ3v) is 3.02. The molecule has 0 fully saturated rings. The van der Waals surface area contributed by atoms with E-state index in [2.05, 4.69) is 26.2 Å². The number of nitrogens with zero attached hydrogens (tertiary/aromatic N) is 1. The second-order valence-corrected chi connectivity index (χ2v) is 4.79. The smallest absolute Gasteiger partial charge is 0.169 e. The van der Waals surface area contributed by atoms with Crippen LogP contribution in [0.1, 0.15) is 12.5 Å². The van der Waals surface area contributed by atoms with Crippen molar-refractivity contribution in [2.45, 2.75) is 13.5 Å². The van der Waals surface area contributed by atoms with Gasteiger partial charge in [0.15, 0.2) is 11.6 Å².